The van der Waals surface area contributed by atoms with Crippen molar-refractivity contribution in [2.45, 2.75) is 56.3 Å². The van der Waals surface area contributed by atoms with Crippen molar-refractivity contribution in [3.05, 3.63) is 35.4 Å². The number of hydrogen-bond donors (Lipinski definition) is 1. The highest BCUT2D eigenvalue weighted by molar-refractivity contribution is 5.31. The highest BCUT2D eigenvalue weighted by atomic mass is 19.4. The van der Waals surface area contributed by atoms with E-state index in [0.717, 1.165) is 25.7 Å². The van der Waals surface area contributed by atoms with E-state index in [1.54, 1.807) is 0 Å². The number of halogens is 3. The smallest absolute Gasteiger partial charge is 0.300 e. The van der Waals surface area contributed by atoms with Crippen molar-refractivity contribution in [3.8, 4) is 0 Å². The molecule has 2 bridgehead atoms. The minimum atomic E-state index is -4.11. The molecule has 2 saturated carbocycles. The summed E-state index contributed by atoms with van der Waals surface area (Å²) in [5.74, 6) is 0.719. The molecule has 2 atom stereocenters. The molecule has 2 unspecified atom stereocenters. The highest BCUT2D eigenvalue weighted by Gasteiger charge is 2.64. The van der Waals surface area contributed by atoms with Gasteiger partial charge in [0, 0.05) is 6.04 Å². The monoisotopic (exact) mass is 295 g/mol. The largest absolute Gasteiger partial charge is 0.406 e. The molecule has 0 aromatic heterocycles. The van der Waals surface area contributed by atoms with Crippen LogP contribution in [0.4, 0.5) is 13.2 Å². The Balaban J connectivity index is 1.59. The first-order valence-electron chi connectivity index (χ1n) is 7.90. The van der Waals surface area contributed by atoms with Gasteiger partial charge in [0.1, 0.15) is 5.54 Å². The zero-order chi connectivity index (χ0) is 14.7. The average molecular weight is 295 g/mol. The molecule has 4 rings (SSSR count). The summed E-state index contributed by atoms with van der Waals surface area (Å²) in [6.45, 7) is 0. The highest BCUT2D eigenvalue weighted by Crippen LogP contribution is 2.51. The maximum atomic E-state index is 13.2. The number of fused-ring (bicyclic) bond motifs is 3. The molecule has 0 saturated heterocycles. The molecule has 4 heteroatoms. The van der Waals surface area contributed by atoms with Crippen LogP contribution in [0.5, 0.6) is 0 Å². The number of hydrogen-bond acceptors (Lipinski definition) is 1. The number of alkyl halides is 3. The number of rotatable bonds is 2. The second kappa shape index (κ2) is 4.48. The Labute approximate surface area is 122 Å². The van der Waals surface area contributed by atoms with Crippen molar-refractivity contribution in [2.75, 3.05) is 0 Å². The van der Waals surface area contributed by atoms with Gasteiger partial charge in [-0.05, 0) is 61.5 Å². The quantitative estimate of drug-likeness (QED) is 0.873. The molecule has 21 heavy (non-hydrogen) atoms. The van der Waals surface area contributed by atoms with E-state index in [-0.39, 0.29) is 18.9 Å². The summed E-state index contributed by atoms with van der Waals surface area (Å²) in [4.78, 5) is 0. The van der Waals surface area contributed by atoms with Gasteiger partial charge in [-0.25, -0.2) is 0 Å². The predicted molar refractivity (Wildman–Crippen MR) is 75.0 cm³/mol. The second-order valence-corrected chi connectivity index (χ2v) is 7.02. The third-order valence-corrected chi connectivity index (χ3v) is 5.74. The van der Waals surface area contributed by atoms with Gasteiger partial charge in [0.2, 0.25) is 0 Å². The minimum absolute atomic E-state index is 0.0292. The van der Waals surface area contributed by atoms with Crippen LogP contribution in [0, 0.1) is 11.8 Å². The molecule has 114 valence electrons. The first-order valence-corrected chi connectivity index (χ1v) is 7.90. The van der Waals surface area contributed by atoms with Gasteiger partial charge in [-0.2, -0.15) is 13.2 Å². The minimum Gasteiger partial charge on any atom is -0.300 e. The molecule has 1 N–H and O–H groups in total. The third kappa shape index (κ3) is 2.19. The molecule has 3 aliphatic carbocycles. The van der Waals surface area contributed by atoms with Gasteiger partial charge in [-0.15, -0.1) is 0 Å². The first kappa shape index (κ1) is 13.6. The van der Waals surface area contributed by atoms with Crippen LogP contribution in [0.3, 0.4) is 0 Å². The van der Waals surface area contributed by atoms with Crippen LogP contribution in [0.2, 0.25) is 0 Å². The van der Waals surface area contributed by atoms with Crippen LogP contribution in [-0.2, 0) is 12.8 Å². The van der Waals surface area contributed by atoms with Gasteiger partial charge in [0.25, 0.3) is 0 Å². The molecule has 0 radical (unpaired) electrons. The number of benzene rings is 1. The topological polar surface area (TPSA) is 12.0 Å². The van der Waals surface area contributed by atoms with Gasteiger partial charge < -0.3 is 5.32 Å². The van der Waals surface area contributed by atoms with E-state index in [1.165, 1.54) is 11.1 Å². The fourth-order valence-corrected chi connectivity index (χ4v) is 4.34. The predicted octanol–water partition coefficient (Wildman–Crippen LogP) is 3.86. The van der Waals surface area contributed by atoms with E-state index in [0.29, 0.717) is 11.8 Å². The van der Waals surface area contributed by atoms with E-state index in [2.05, 4.69) is 17.4 Å². The van der Waals surface area contributed by atoms with Gasteiger partial charge in [-0.3, -0.25) is 0 Å². The lowest BCUT2D eigenvalue weighted by Crippen LogP contribution is -2.53. The summed E-state index contributed by atoms with van der Waals surface area (Å²) in [6.07, 6.45) is 0.371. The van der Waals surface area contributed by atoms with Gasteiger partial charge >= 0.3 is 6.18 Å². The molecule has 0 heterocycles. The van der Waals surface area contributed by atoms with Gasteiger partial charge in [0.15, 0.2) is 0 Å². The van der Waals surface area contributed by atoms with E-state index in [9.17, 15) is 13.2 Å². The Bertz CT molecular complexity index is 514. The Morgan fingerprint density at radius 3 is 1.90 bits per heavy atom. The second-order valence-electron chi connectivity index (χ2n) is 7.02. The summed E-state index contributed by atoms with van der Waals surface area (Å²) in [5, 5.41) is 3.06. The molecular weight excluding hydrogens is 275 g/mol. The lowest BCUT2D eigenvalue weighted by Gasteiger charge is -2.31. The normalized spacial score (nSPS) is 33.4. The molecule has 1 nitrogen and oxygen atoms in total. The van der Waals surface area contributed by atoms with E-state index < -0.39 is 11.7 Å². The molecule has 0 aliphatic heterocycles. The molecule has 3 aliphatic rings. The Morgan fingerprint density at radius 2 is 1.48 bits per heavy atom. The van der Waals surface area contributed by atoms with E-state index >= 15 is 0 Å². The number of nitrogens with one attached hydrogen (secondary N) is 1. The molecule has 2 fully saturated rings. The third-order valence-electron chi connectivity index (χ3n) is 5.74. The zero-order valence-electron chi connectivity index (χ0n) is 11.9. The molecule has 1 aromatic carbocycles. The standard InChI is InChI=1S/C17H20F3N/c18-17(19,20)16(7-8-16)21-15-13-5-6-14(15)10-12-4-2-1-3-11(12)9-13/h1-4,13-15,21H,5-10H2. The van der Waals surface area contributed by atoms with Gasteiger partial charge in [0.05, 0.1) is 0 Å². The summed E-state index contributed by atoms with van der Waals surface area (Å²) in [6, 6.07) is 8.39. The van der Waals surface area contributed by atoms with Crippen molar-refractivity contribution in [3.63, 3.8) is 0 Å². The Morgan fingerprint density at radius 1 is 0.952 bits per heavy atom. The van der Waals surface area contributed by atoms with Crippen molar-refractivity contribution in [1.29, 1.82) is 0 Å². The van der Waals surface area contributed by atoms with Crippen LogP contribution >= 0.6 is 0 Å². The van der Waals surface area contributed by atoms with Crippen molar-refractivity contribution >= 4 is 0 Å². The summed E-state index contributed by atoms with van der Waals surface area (Å²) < 4.78 is 39.7. The van der Waals surface area contributed by atoms with E-state index in [1.807, 2.05) is 12.1 Å². The fourth-order valence-electron chi connectivity index (χ4n) is 4.34. The van der Waals surface area contributed by atoms with Crippen LogP contribution in [0.15, 0.2) is 24.3 Å². The average Bonchev–Trinajstić information content (AvgIpc) is 3.13. The van der Waals surface area contributed by atoms with Gasteiger partial charge in [-0.1, -0.05) is 24.3 Å². The molecule has 0 spiro atoms. The summed E-state index contributed by atoms with van der Waals surface area (Å²) >= 11 is 0. The van der Waals surface area contributed by atoms with Crippen LogP contribution in [0.25, 0.3) is 0 Å². The fraction of sp³-hybridized carbons (Fsp3) is 0.647. The molecular formula is C17H20F3N. The Hall–Kier alpha value is -1.03. The van der Waals surface area contributed by atoms with Crippen LogP contribution in [-0.4, -0.2) is 17.8 Å². The maximum Gasteiger partial charge on any atom is 0.406 e. The van der Waals surface area contributed by atoms with Crippen molar-refractivity contribution < 1.29 is 13.2 Å². The SMILES string of the molecule is FC(F)(F)C1(NC2C3CCC2Cc2ccccc2C3)CC1. The summed E-state index contributed by atoms with van der Waals surface area (Å²) in [7, 11) is 0. The molecule has 0 amide bonds. The summed E-state index contributed by atoms with van der Waals surface area (Å²) in [5.41, 5.74) is 1.11. The van der Waals surface area contributed by atoms with Crippen LogP contribution < -0.4 is 5.32 Å². The van der Waals surface area contributed by atoms with E-state index in [4.69, 9.17) is 0 Å². The van der Waals surface area contributed by atoms with Crippen molar-refractivity contribution in [1.82, 2.24) is 5.32 Å². The van der Waals surface area contributed by atoms with Crippen molar-refractivity contribution in [2.24, 2.45) is 11.8 Å². The van der Waals surface area contributed by atoms with Crippen LogP contribution in [0.1, 0.15) is 36.8 Å². The maximum absolute atomic E-state index is 13.2. The lowest BCUT2D eigenvalue weighted by molar-refractivity contribution is -0.169. The zero-order valence-corrected chi connectivity index (χ0v) is 11.9. The molecule has 1 aromatic rings. The lowest BCUT2D eigenvalue weighted by atomic mass is 9.94. The first-order chi connectivity index (χ1) is 9.98. The Kier molecular flexibility index (Phi) is 2.91.